The number of nitrogens with one attached hydrogen (secondary N) is 1. The topological polar surface area (TPSA) is 59.9 Å². The number of carbonyl (C=O) groups excluding carboxylic acids is 1. The van der Waals surface area contributed by atoms with E-state index in [-0.39, 0.29) is 5.91 Å². The van der Waals surface area contributed by atoms with E-state index in [0.29, 0.717) is 18.1 Å². The average Bonchev–Trinajstić information content (AvgIpc) is 2.73. The maximum absolute atomic E-state index is 12.0. The van der Waals surface area contributed by atoms with Crippen LogP contribution in [0.1, 0.15) is 43.7 Å². The van der Waals surface area contributed by atoms with E-state index in [4.69, 9.17) is 9.47 Å². The van der Waals surface area contributed by atoms with Crippen molar-refractivity contribution in [1.82, 2.24) is 5.43 Å². The summed E-state index contributed by atoms with van der Waals surface area (Å²) in [7, 11) is 1.62. The standard InChI is InChI=1S/C23H30N2O3S/c1-4-5-6-7-14-28-21-13-10-19(15-22(21)27-3)16-24-25-23(26)17-29-20-11-8-18(2)9-12-20/h8-13,15-16H,4-7,14,17H2,1-3H3,(H,25,26)/b24-16+. The van der Waals surface area contributed by atoms with Gasteiger partial charge in [-0.15, -0.1) is 11.8 Å². The zero-order valence-electron chi connectivity index (χ0n) is 17.4. The number of benzene rings is 2. The third kappa shape index (κ3) is 8.60. The number of carbonyl (C=O) groups is 1. The molecular formula is C23H30N2O3S. The number of amides is 1. The monoisotopic (exact) mass is 414 g/mol. The van der Waals surface area contributed by atoms with Gasteiger partial charge in [-0.1, -0.05) is 43.9 Å². The third-order valence-corrected chi connectivity index (χ3v) is 5.25. The van der Waals surface area contributed by atoms with Crippen LogP contribution in [0, 0.1) is 6.92 Å². The first-order chi connectivity index (χ1) is 14.1. The molecule has 156 valence electrons. The minimum absolute atomic E-state index is 0.147. The summed E-state index contributed by atoms with van der Waals surface area (Å²) in [5.74, 6) is 1.55. The smallest absolute Gasteiger partial charge is 0.250 e. The summed E-state index contributed by atoms with van der Waals surface area (Å²) in [4.78, 5) is 13.0. The molecule has 0 aliphatic carbocycles. The molecule has 29 heavy (non-hydrogen) atoms. The van der Waals surface area contributed by atoms with Gasteiger partial charge in [0.05, 0.1) is 25.7 Å². The molecule has 0 radical (unpaired) electrons. The molecule has 0 spiro atoms. The molecule has 0 atom stereocenters. The van der Waals surface area contributed by atoms with Crippen LogP contribution in [0.25, 0.3) is 0 Å². The Kier molecular flexibility index (Phi) is 10.1. The highest BCUT2D eigenvalue weighted by Crippen LogP contribution is 2.27. The summed E-state index contributed by atoms with van der Waals surface area (Å²) in [6.07, 6.45) is 6.24. The Bertz CT molecular complexity index is 791. The van der Waals surface area contributed by atoms with Crippen LogP contribution in [-0.2, 0) is 4.79 Å². The van der Waals surface area contributed by atoms with Gasteiger partial charge in [0.15, 0.2) is 11.5 Å². The van der Waals surface area contributed by atoms with Gasteiger partial charge in [0.1, 0.15) is 0 Å². The van der Waals surface area contributed by atoms with Crippen LogP contribution in [0.4, 0.5) is 0 Å². The second kappa shape index (κ2) is 12.9. The van der Waals surface area contributed by atoms with Crippen LogP contribution in [0.15, 0.2) is 52.5 Å². The van der Waals surface area contributed by atoms with E-state index in [1.165, 1.54) is 36.6 Å². The van der Waals surface area contributed by atoms with Gasteiger partial charge in [-0.25, -0.2) is 5.43 Å². The zero-order chi connectivity index (χ0) is 20.9. The normalized spacial score (nSPS) is 10.9. The lowest BCUT2D eigenvalue weighted by Crippen LogP contribution is -2.19. The van der Waals surface area contributed by atoms with Crippen molar-refractivity contribution in [3.05, 3.63) is 53.6 Å². The Morgan fingerprint density at radius 2 is 1.90 bits per heavy atom. The van der Waals surface area contributed by atoms with E-state index in [1.54, 1.807) is 13.3 Å². The number of aryl methyl sites for hydroxylation is 1. The van der Waals surface area contributed by atoms with E-state index in [0.717, 1.165) is 22.6 Å². The predicted molar refractivity (Wildman–Crippen MR) is 120 cm³/mol. The summed E-state index contributed by atoms with van der Waals surface area (Å²) >= 11 is 1.48. The minimum atomic E-state index is -0.147. The molecule has 0 heterocycles. The fourth-order valence-electron chi connectivity index (χ4n) is 2.59. The van der Waals surface area contributed by atoms with Crippen molar-refractivity contribution in [3.8, 4) is 11.5 Å². The fraction of sp³-hybridized carbons (Fsp3) is 0.391. The second-order valence-corrected chi connectivity index (χ2v) is 7.76. The number of ether oxygens (including phenoxy) is 2. The highest BCUT2D eigenvalue weighted by atomic mass is 32.2. The molecule has 2 aromatic rings. The fourth-order valence-corrected chi connectivity index (χ4v) is 3.28. The molecule has 0 bridgehead atoms. The molecule has 0 saturated heterocycles. The van der Waals surface area contributed by atoms with Gasteiger partial charge >= 0.3 is 0 Å². The maximum atomic E-state index is 12.0. The SMILES string of the molecule is CCCCCCOc1ccc(/C=N/NC(=O)CSc2ccc(C)cc2)cc1OC. The lowest BCUT2D eigenvalue weighted by molar-refractivity contribution is -0.118. The van der Waals surface area contributed by atoms with Crippen molar-refractivity contribution >= 4 is 23.9 Å². The van der Waals surface area contributed by atoms with Gasteiger partial charge < -0.3 is 9.47 Å². The van der Waals surface area contributed by atoms with Crippen molar-refractivity contribution in [1.29, 1.82) is 0 Å². The lowest BCUT2D eigenvalue weighted by Gasteiger charge is -2.11. The summed E-state index contributed by atoms with van der Waals surface area (Å²) in [5, 5.41) is 4.03. The molecule has 1 N–H and O–H groups in total. The van der Waals surface area contributed by atoms with Gasteiger partial charge in [-0.2, -0.15) is 5.10 Å². The van der Waals surface area contributed by atoms with Gasteiger partial charge in [0, 0.05) is 4.90 Å². The first kappa shape index (κ1) is 22.8. The largest absolute Gasteiger partial charge is 0.493 e. The van der Waals surface area contributed by atoms with Crippen LogP contribution in [0.5, 0.6) is 11.5 Å². The van der Waals surface area contributed by atoms with Gasteiger partial charge in [0.2, 0.25) is 5.91 Å². The molecule has 0 aliphatic heterocycles. The molecule has 0 unspecified atom stereocenters. The number of unbranched alkanes of at least 4 members (excludes halogenated alkanes) is 3. The summed E-state index contributed by atoms with van der Waals surface area (Å²) in [6, 6.07) is 13.7. The Morgan fingerprint density at radius 1 is 1.10 bits per heavy atom. The Hall–Kier alpha value is -2.47. The van der Waals surface area contributed by atoms with Gasteiger partial charge in [-0.05, 0) is 49.2 Å². The number of hydrogen-bond acceptors (Lipinski definition) is 5. The number of methoxy groups -OCH3 is 1. The van der Waals surface area contributed by atoms with Crippen LogP contribution in [0.2, 0.25) is 0 Å². The predicted octanol–water partition coefficient (Wildman–Crippen LogP) is 5.21. The number of hydrogen-bond donors (Lipinski definition) is 1. The number of thioether (sulfide) groups is 1. The van der Waals surface area contributed by atoms with Gasteiger partial charge in [0.25, 0.3) is 0 Å². The molecule has 2 rings (SSSR count). The maximum Gasteiger partial charge on any atom is 0.250 e. The molecule has 2 aromatic carbocycles. The van der Waals surface area contributed by atoms with E-state index in [2.05, 4.69) is 17.5 Å². The molecular weight excluding hydrogens is 384 g/mol. The molecule has 0 aromatic heterocycles. The summed E-state index contributed by atoms with van der Waals surface area (Å²) in [6.45, 7) is 4.91. The van der Waals surface area contributed by atoms with E-state index in [1.807, 2.05) is 49.4 Å². The van der Waals surface area contributed by atoms with Crippen molar-refractivity contribution in [2.24, 2.45) is 5.10 Å². The van der Waals surface area contributed by atoms with Crippen molar-refractivity contribution in [2.45, 2.75) is 44.4 Å². The third-order valence-electron chi connectivity index (χ3n) is 4.24. The van der Waals surface area contributed by atoms with E-state index < -0.39 is 0 Å². The van der Waals surface area contributed by atoms with E-state index in [9.17, 15) is 4.79 Å². The molecule has 0 fully saturated rings. The molecule has 5 nitrogen and oxygen atoms in total. The molecule has 1 amide bonds. The minimum Gasteiger partial charge on any atom is -0.493 e. The Labute approximate surface area is 177 Å². The van der Waals surface area contributed by atoms with E-state index >= 15 is 0 Å². The summed E-state index contributed by atoms with van der Waals surface area (Å²) in [5.41, 5.74) is 4.58. The van der Waals surface area contributed by atoms with Crippen LogP contribution in [0.3, 0.4) is 0 Å². The highest BCUT2D eigenvalue weighted by molar-refractivity contribution is 8.00. The Balaban J connectivity index is 1.79. The van der Waals surface area contributed by atoms with Gasteiger partial charge in [-0.3, -0.25) is 4.79 Å². The highest BCUT2D eigenvalue weighted by Gasteiger charge is 2.06. The van der Waals surface area contributed by atoms with Crippen LogP contribution < -0.4 is 14.9 Å². The number of rotatable bonds is 12. The zero-order valence-corrected chi connectivity index (χ0v) is 18.3. The molecule has 0 aliphatic rings. The lowest BCUT2D eigenvalue weighted by atomic mass is 10.2. The number of hydrazone groups is 1. The average molecular weight is 415 g/mol. The van der Waals surface area contributed by atoms with Crippen LogP contribution in [-0.4, -0.2) is 31.6 Å². The second-order valence-electron chi connectivity index (χ2n) is 6.71. The first-order valence-electron chi connectivity index (χ1n) is 9.94. The first-order valence-corrected chi connectivity index (χ1v) is 10.9. The quantitative estimate of drug-likeness (QED) is 0.224. The summed E-state index contributed by atoms with van der Waals surface area (Å²) < 4.78 is 11.2. The Morgan fingerprint density at radius 3 is 2.62 bits per heavy atom. The van der Waals surface area contributed by atoms with Crippen LogP contribution >= 0.6 is 11.8 Å². The van der Waals surface area contributed by atoms with Crippen molar-refractivity contribution < 1.29 is 14.3 Å². The van der Waals surface area contributed by atoms with Crippen molar-refractivity contribution in [3.63, 3.8) is 0 Å². The van der Waals surface area contributed by atoms with Crippen molar-refractivity contribution in [2.75, 3.05) is 19.5 Å². The number of nitrogens with zero attached hydrogens (tertiary/aromatic N) is 1. The molecule has 6 heteroatoms. The molecule has 0 saturated carbocycles.